The van der Waals surface area contributed by atoms with E-state index >= 15 is 0 Å². The normalized spacial score (nSPS) is 39.2. The van der Waals surface area contributed by atoms with Gasteiger partial charge < -0.3 is 0 Å². The second kappa shape index (κ2) is 5.27. The van der Waals surface area contributed by atoms with Gasteiger partial charge in [-0.25, -0.2) is 0 Å². The van der Waals surface area contributed by atoms with Crippen molar-refractivity contribution in [3.63, 3.8) is 0 Å². The van der Waals surface area contributed by atoms with Crippen LogP contribution in [0.2, 0.25) is 0 Å². The van der Waals surface area contributed by atoms with Crippen molar-refractivity contribution in [3.05, 3.63) is 0 Å². The maximum atomic E-state index is 5.90. The van der Waals surface area contributed by atoms with Crippen molar-refractivity contribution in [3.8, 4) is 0 Å². The average molecular weight is 238 g/mol. The van der Waals surface area contributed by atoms with Gasteiger partial charge >= 0.3 is 0 Å². The molecule has 2 saturated carbocycles. The fraction of sp³-hybridized carbons (Fsp3) is 1.00. The molecule has 4 unspecified atom stereocenters. The van der Waals surface area contributed by atoms with Crippen LogP contribution in [0, 0.1) is 23.2 Å². The van der Waals surface area contributed by atoms with Crippen molar-refractivity contribution in [2.45, 2.75) is 71.8 Å². The molecule has 0 bridgehead atoms. The largest absolute Gasteiger partial charge is 0.271 e. The maximum Gasteiger partial charge on any atom is 0.0272 e. The van der Waals surface area contributed by atoms with Crippen molar-refractivity contribution in [2.24, 2.45) is 29.0 Å². The lowest BCUT2D eigenvalue weighted by Crippen LogP contribution is -2.50. The highest BCUT2D eigenvalue weighted by atomic mass is 15.2. The molecule has 2 aliphatic rings. The highest BCUT2D eigenvalue weighted by Gasteiger charge is 2.42. The van der Waals surface area contributed by atoms with Gasteiger partial charge in [-0.05, 0) is 48.9 Å². The fourth-order valence-corrected chi connectivity index (χ4v) is 4.41. The van der Waals surface area contributed by atoms with Crippen molar-refractivity contribution in [1.82, 2.24) is 5.43 Å². The van der Waals surface area contributed by atoms with Crippen LogP contribution in [0.4, 0.5) is 0 Å². The van der Waals surface area contributed by atoms with E-state index in [-0.39, 0.29) is 0 Å². The summed E-state index contributed by atoms with van der Waals surface area (Å²) in [6, 6.07) is 0.551. The Kier molecular flexibility index (Phi) is 4.14. The SMILES string of the molecule is CC1CCCC(C(NN)C2CCCC2(C)C)C1. The first-order valence-corrected chi connectivity index (χ1v) is 7.50. The minimum atomic E-state index is 0.484. The summed E-state index contributed by atoms with van der Waals surface area (Å²) in [5, 5.41) is 0. The Bertz CT molecular complexity index is 249. The van der Waals surface area contributed by atoms with E-state index in [1.54, 1.807) is 0 Å². The molecule has 0 aliphatic heterocycles. The summed E-state index contributed by atoms with van der Waals surface area (Å²) >= 11 is 0. The van der Waals surface area contributed by atoms with E-state index in [1.165, 1.54) is 44.9 Å². The lowest BCUT2D eigenvalue weighted by Gasteiger charge is -2.41. The summed E-state index contributed by atoms with van der Waals surface area (Å²) in [7, 11) is 0. The number of nitrogens with two attached hydrogens (primary N) is 1. The van der Waals surface area contributed by atoms with Gasteiger partial charge in [0, 0.05) is 6.04 Å². The van der Waals surface area contributed by atoms with Crippen LogP contribution < -0.4 is 11.3 Å². The highest BCUT2D eigenvalue weighted by Crippen LogP contribution is 2.47. The first kappa shape index (κ1) is 13.4. The summed E-state index contributed by atoms with van der Waals surface area (Å²) in [5.74, 6) is 8.39. The molecule has 2 fully saturated rings. The molecule has 4 atom stereocenters. The van der Waals surface area contributed by atoms with E-state index in [0.717, 1.165) is 17.8 Å². The zero-order chi connectivity index (χ0) is 12.5. The Labute approximate surface area is 107 Å². The molecule has 17 heavy (non-hydrogen) atoms. The fourth-order valence-electron chi connectivity index (χ4n) is 4.41. The monoisotopic (exact) mass is 238 g/mol. The molecule has 0 amide bonds. The van der Waals surface area contributed by atoms with Crippen LogP contribution in [0.15, 0.2) is 0 Å². The van der Waals surface area contributed by atoms with Gasteiger partial charge in [-0.3, -0.25) is 11.3 Å². The van der Waals surface area contributed by atoms with Crippen LogP contribution in [0.25, 0.3) is 0 Å². The Hall–Kier alpha value is -0.0800. The second-order valence-electron chi connectivity index (χ2n) is 7.21. The van der Waals surface area contributed by atoms with E-state index < -0.39 is 0 Å². The van der Waals surface area contributed by atoms with Gasteiger partial charge in [0.05, 0.1) is 0 Å². The smallest absolute Gasteiger partial charge is 0.0272 e. The summed E-state index contributed by atoms with van der Waals surface area (Å²) in [4.78, 5) is 0. The Morgan fingerprint density at radius 2 is 1.94 bits per heavy atom. The van der Waals surface area contributed by atoms with Crippen molar-refractivity contribution in [2.75, 3.05) is 0 Å². The third kappa shape index (κ3) is 2.85. The first-order valence-electron chi connectivity index (χ1n) is 7.50. The molecule has 0 aromatic rings. The van der Waals surface area contributed by atoms with E-state index in [4.69, 9.17) is 5.84 Å². The molecule has 2 rings (SSSR count). The quantitative estimate of drug-likeness (QED) is 0.583. The summed E-state index contributed by atoms with van der Waals surface area (Å²) in [6.07, 6.45) is 9.70. The third-order valence-corrected chi connectivity index (χ3v) is 5.45. The first-order chi connectivity index (χ1) is 8.04. The van der Waals surface area contributed by atoms with Crippen LogP contribution >= 0.6 is 0 Å². The van der Waals surface area contributed by atoms with Gasteiger partial charge in [0.1, 0.15) is 0 Å². The summed E-state index contributed by atoms with van der Waals surface area (Å²) < 4.78 is 0. The van der Waals surface area contributed by atoms with Crippen molar-refractivity contribution >= 4 is 0 Å². The molecular weight excluding hydrogens is 208 g/mol. The average Bonchev–Trinajstić information content (AvgIpc) is 2.60. The molecule has 0 radical (unpaired) electrons. The predicted molar refractivity (Wildman–Crippen MR) is 73.4 cm³/mol. The molecular formula is C15H30N2. The lowest BCUT2D eigenvalue weighted by molar-refractivity contribution is 0.118. The molecule has 2 nitrogen and oxygen atoms in total. The molecule has 0 saturated heterocycles. The molecule has 0 aromatic heterocycles. The molecule has 2 heteroatoms. The van der Waals surface area contributed by atoms with E-state index in [2.05, 4.69) is 26.2 Å². The highest BCUT2D eigenvalue weighted by molar-refractivity contribution is 4.95. The van der Waals surface area contributed by atoms with Gasteiger partial charge in [0.25, 0.3) is 0 Å². The van der Waals surface area contributed by atoms with Gasteiger partial charge in [-0.2, -0.15) is 0 Å². The molecule has 0 spiro atoms. The summed E-state index contributed by atoms with van der Waals surface area (Å²) in [6.45, 7) is 7.27. The van der Waals surface area contributed by atoms with Crippen molar-refractivity contribution < 1.29 is 0 Å². The predicted octanol–water partition coefficient (Wildman–Crippen LogP) is 3.47. The number of nitrogens with one attached hydrogen (secondary N) is 1. The van der Waals surface area contributed by atoms with Gasteiger partial charge in [-0.1, -0.05) is 40.0 Å². The molecule has 0 aromatic carbocycles. The summed E-state index contributed by atoms with van der Waals surface area (Å²) in [5.41, 5.74) is 3.67. The number of hydrogen-bond donors (Lipinski definition) is 2. The Morgan fingerprint density at radius 1 is 1.18 bits per heavy atom. The molecule has 0 heterocycles. The zero-order valence-electron chi connectivity index (χ0n) is 11.8. The Morgan fingerprint density at radius 3 is 2.47 bits per heavy atom. The maximum absolute atomic E-state index is 5.90. The standard InChI is InChI=1S/C15H30N2/c1-11-6-4-7-12(10-11)14(17-16)13-8-5-9-15(13,2)3/h11-14,17H,4-10,16H2,1-3H3. The number of hydrogen-bond acceptors (Lipinski definition) is 2. The van der Waals surface area contributed by atoms with Gasteiger partial charge in [-0.15, -0.1) is 0 Å². The van der Waals surface area contributed by atoms with Gasteiger partial charge in [0.15, 0.2) is 0 Å². The van der Waals surface area contributed by atoms with Crippen molar-refractivity contribution in [1.29, 1.82) is 0 Å². The van der Waals surface area contributed by atoms with Crippen LogP contribution in [-0.4, -0.2) is 6.04 Å². The van der Waals surface area contributed by atoms with E-state index in [9.17, 15) is 0 Å². The molecule has 2 aliphatic carbocycles. The third-order valence-electron chi connectivity index (χ3n) is 5.45. The second-order valence-corrected chi connectivity index (χ2v) is 7.21. The molecule has 3 N–H and O–H groups in total. The number of rotatable bonds is 3. The van der Waals surface area contributed by atoms with Crippen LogP contribution in [0.1, 0.15) is 65.7 Å². The number of hydrazine groups is 1. The van der Waals surface area contributed by atoms with Crippen LogP contribution in [-0.2, 0) is 0 Å². The lowest BCUT2D eigenvalue weighted by atomic mass is 9.69. The topological polar surface area (TPSA) is 38.0 Å². The zero-order valence-corrected chi connectivity index (χ0v) is 11.8. The van der Waals surface area contributed by atoms with Crippen LogP contribution in [0.3, 0.4) is 0 Å². The minimum Gasteiger partial charge on any atom is -0.271 e. The van der Waals surface area contributed by atoms with E-state index in [0.29, 0.717) is 11.5 Å². The Balaban J connectivity index is 2.05. The minimum absolute atomic E-state index is 0.484. The van der Waals surface area contributed by atoms with Crippen LogP contribution in [0.5, 0.6) is 0 Å². The molecule has 100 valence electrons. The van der Waals surface area contributed by atoms with Gasteiger partial charge in [0.2, 0.25) is 0 Å². The van der Waals surface area contributed by atoms with E-state index in [1.807, 2.05) is 0 Å².